The Morgan fingerprint density at radius 1 is 1.05 bits per heavy atom. The molecule has 0 amide bonds. The first-order chi connectivity index (χ1) is 10.4. The minimum atomic E-state index is -3.88. The predicted molar refractivity (Wildman–Crippen MR) is 82.6 cm³/mol. The monoisotopic (exact) mass is 317 g/mol. The highest BCUT2D eigenvalue weighted by Crippen LogP contribution is 2.28. The number of rotatable bonds is 3. The topological polar surface area (TPSA) is 74.1 Å². The van der Waals surface area contributed by atoms with Gasteiger partial charge < -0.3 is 4.74 Å². The predicted octanol–water partition coefficient (Wildman–Crippen LogP) is 2.29. The summed E-state index contributed by atoms with van der Waals surface area (Å²) in [6.07, 6.45) is 0. The third-order valence-corrected chi connectivity index (χ3v) is 5.00. The van der Waals surface area contributed by atoms with Gasteiger partial charge in [0.25, 0.3) is 10.0 Å². The maximum Gasteiger partial charge on any atom is 0.288 e. The van der Waals surface area contributed by atoms with Gasteiger partial charge in [0.2, 0.25) is 0 Å². The lowest BCUT2D eigenvalue weighted by Crippen LogP contribution is -2.15. The van der Waals surface area contributed by atoms with Crippen molar-refractivity contribution in [2.24, 2.45) is 0 Å². The molecule has 0 aliphatic rings. The van der Waals surface area contributed by atoms with E-state index in [0.29, 0.717) is 11.0 Å². The Morgan fingerprint density at radius 3 is 2.45 bits per heavy atom. The summed E-state index contributed by atoms with van der Waals surface area (Å²) in [6.45, 7) is 3.73. The molecule has 0 unspecified atom stereocenters. The molecule has 0 aliphatic carbocycles. The van der Waals surface area contributed by atoms with Crippen molar-refractivity contribution in [1.29, 1.82) is 0 Å². The summed E-state index contributed by atoms with van der Waals surface area (Å²) in [5.41, 5.74) is 2.79. The van der Waals surface area contributed by atoms with Gasteiger partial charge in [-0.3, -0.25) is 0 Å². The van der Waals surface area contributed by atoms with Crippen LogP contribution >= 0.6 is 0 Å². The van der Waals surface area contributed by atoms with Crippen molar-refractivity contribution in [1.82, 2.24) is 14.4 Å². The number of ether oxygens (including phenoxy) is 1. The van der Waals surface area contributed by atoms with E-state index in [-0.39, 0.29) is 10.6 Å². The van der Waals surface area contributed by atoms with Crippen molar-refractivity contribution >= 4 is 21.1 Å². The molecule has 114 valence electrons. The van der Waals surface area contributed by atoms with Crippen molar-refractivity contribution < 1.29 is 13.2 Å². The molecule has 0 spiro atoms. The molecule has 0 radical (unpaired) electrons. The van der Waals surface area contributed by atoms with E-state index in [2.05, 4.69) is 10.3 Å². The molecule has 7 heteroatoms. The second-order valence-corrected chi connectivity index (χ2v) is 6.82. The van der Waals surface area contributed by atoms with Crippen molar-refractivity contribution in [3.8, 4) is 5.75 Å². The van der Waals surface area contributed by atoms with E-state index in [1.54, 1.807) is 30.3 Å². The number of benzene rings is 2. The highest BCUT2D eigenvalue weighted by Gasteiger charge is 2.25. The van der Waals surface area contributed by atoms with Crippen LogP contribution in [0.1, 0.15) is 11.1 Å². The molecule has 6 nitrogen and oxygen atoms in total. The average Bonchev–Trinajstić information content (AvgIpc) is 2.90. The second-order valence-electron chi connectivity index (χ2n) is 5.08. The number of aryl methyl sites for hydroxylation is 2. The minimum Gasteiger partial charge on any atom is -0.495 e. The summed E-state index contributed by atoms with van der Waals surface area (Å²) in [7, 11) is -2.45. The Morgan fingerprint density at radius 2 is 1.73 bits per heavy atom. The van der Waals surface area contributed by atoms with Gasteiger partial charge in [-0.25, -0.2) is 0 Å². The van der Waals surface area contributed by atoms with E-state index >= 15 is 0 Å². The molecular formula is C15H15N3O3S. The average molecular weight is 317 g/mol. The third kappa shape index (κ3) is 2.23. The molecule has 0 saturated carbocycles. The molecule has 22 heavy (non-hydrogen) atoms. The summed E-state index contributed by atoms with van der Waals surface area (Å²) in [6, 6.07) is 10.3. The Balaban J connectivity index is 2.27. The van der Waals surface area contributed by atoms with E-state index in [0.717, 1.165) is 15.2 Å². The molecule has 1 aromatic heterocycles. The zero-order valence-corrected chi connectivity index (χ0v) is 13.3. The first-order valence-electron chi connectivity index (χ1n) is 6.66. The lowest BCUT2D eigenvalue weighted by molar-refractivity contribution is 0.402. The highest BCUT2D eigenvalue weighted by molar-refractivity contribution is 7.90. The number of hydrogen-bond donors (Lipinski definition) is 0. The van der Waals surface area contributed by atoms with Crippen molar-refractivity contribution in [3.63, 3.8) is 0 Å². The van der Waals surface area contributed by atoms with Crippen LogP contribution in [0.25, 0.3) is 11.0 Å². The molecule has 0 bridgehead atoms. The van der Waals surface area contributed by atoms with Gasteiger partial charge in [-0.2, -0.15) is 8.42 Å². The number of nitrogens with zero attached hydrogens (tertiary/aromatic N) is 3. The summed E-state index contributed by atoms with van der Waals surface area (Å²) >= 11 is 0. The zero-order chi connectivity index (χ0) is 15.9. The van der Waals surface area contributed by atoms with Gasteiger partial charge in [0.15, 0.2) is 0 Å². The van der Waals surface area contributed by atoms with Crippen molar-refractivity contribution in [2.45, 2.75) is 18.7 Å². The number of fused-ring (bicyclic) bond motifs is 1. The van der Waals surface area contributed by atoms with Gasteiger partial charge in [-0.15, -0.1) is 9.19 Å². The van der Waals surface area contributed by atoms with Gasteiger partial charge >= 0.3 is 0 Å². The number of hydrogen-bond acceptors (Lipinski definition) is 5. The van der Waals surface area contributed by atoms with Crippen LogP contribution < -0.4 is 4.74 Å². The normalized spacial score (nSPS) is 11.8. The molecule has 1 heterocycles. The number of aromatic nitrogens is 3. The van der Waals surface area contributed by atoms with Crippen LogP contribution in [0.5, 0.6) is 5.75 Å². The quantitative estimate of drug-likeness (QED) is 0.741. The minimum absolute atomic E-state index is 0.0716. The van der Waals surface area contributed by atoms with Crippen LogP contribution in [-0.2, 0) is 10.0 Å². The molecule has 2 aromatic carbocycles. The van der Waals surface area contributed by atoms with Gasteiger partial charge in [0.1, 0.15) is 21.7 Å². The van der Waals surface area contributed by atoms with Gasteiger partial charge in [-0.05, 0) is 49.2 Å². The first-order valence-corrected chi connectivity index (χ1v) is 8.10. The van der Waals surface area contributed by atoms with Crippen molar-refractivity contribution in [2.75, 3.05) is 7.11 Å². The molecule has 0 fully saturated rings. The molecule has 0 saturated heterocycles. The van der Waals surface area contributed by atoms with E-state index in [1.165, 1.54) is 7.11 Å². The highest BCUT2D eigenvalue weighted by atomic mass is 32.2. The van der Waals surface area contributed by atoms with Crippen molar-refractivity contribution in [3.05, 3.63) is 47.5 Å². The molecule has 0 N–H and O–H groups in total. The van der Waals surface area contributed by atoms with Crippen LogP contribution in [0.15, 0.2) is 41.3 Å². The van der Waals surface area contributed by atoms with Gasteiger partial charge in [0.05, 0.1) is 7.11 Å². The third-order valence-electron chi connectivity index (χ3n) is 3.40. The Kier molecular flexibility index (Phi) is 3.37. The Bertz CT molecular complexity index is 961. The van der Waals surface area contributed by atoms with Crippen LogP contribution in [-0.4, -0.2) is 29.9 Å². The molecule has 3 aromatic rings. The maximum atomic E-state index is 12.9. The lowest BCUT2D eigenvalue weighted by atomic mass is 10.2. The van der Waals surface area contributed by atoms with E-state index < -0.39 is 10.0 Å². The SMILES string of the molecule is COc1ccc(C)cc1S(=O)(=O)n1nnc2cc(C)ccc21. The van der Waals surface area contributed by atoms with E-state index in [1.807, 2.05) is 19.9 Å². The molecule has 3 rings (SSSR count). The molecular weight excluding hydrogens is 302 g/mol. The van der Waals surface area contributed by atoms with Crippen LogP contribution in [0.3, 0.4) is 0 Å². The Labute approximate surface area is 128 Å². The largest absolute Gasteiger partial charge is 0.495 e. The maximum absolute atomic E-state index is 12.9. The van der Waals surface area contributed by atoms with E-state index in [4.69, 9.17) is 4.74 Å². The van der Waals surface area contributed by atoms with Gasteiger partial charge in [-0.1, -0.05) is 17.3 Å². The summed E-state index contributed by atoms with van der Waals surface area (Å²) in [5.74, 6) is 0.279. The Hall–Kier alpha value is -2.41. The van der Waals surface area contributed by atoms with E-state index in [9.17, 15) is 8.42 Å². The van der Waals surface area contributed by atoms with Crippen LogP contribution in [0.4, 0.5) is 0 Å². The summed E-state index contributed by atoms with van der Waals surface area (Å²) in [5, 5.41) is 7.75. The standard InChI is InChI=1S/C15H15N3O3S/c1-10-4-6-13-12(8-10)16-17-18(13)22(19,20)15-9-11(2)5-7-14(15)21-3/h4-9H,1-3H3. The smallest absolute Gasteiger partial charge is 0.288 e. The second kappa shape index (κ2) is 5.10. The summed E-state index contributed by atoms with van der Waals surface area (Å²) in [4.78, 5) is 0.0716. The first kappa shape index (κ1) is 14.5. The van der Waals surface area contributed by atoms with Crippen LogP contribution in [0, 0.1) is 13.8 Å². The fourth-order valence-electron chi connectivity index (χ4n) is 2.27. The molecule has 0 atom stereocenters. The lowest BCUT2D eigenvalue weighted by Gasteiger charge is -2.10. The molecule has 0 aliphatic heterocycles. The fraction of sp³-hybridized carbons (Fsp3) is 0.200. The van der Waals surface area contributed by atoms with Gasteiger partial charge in [0, 0.05) is 0 Å². The van der Waals surface area contributed by atoms with Crippen LogP contribution in [0.2, 0.25) is 0 Å². The number of methoxy groups -OCH3 is 1. The zero-order valence-electron chi connectivity index (χ0n) is 12.4. The fourth-order valence-corrected chi connectivity index (χ4v) is 3.74. The summed E-state index contributed by atoms with van der Waals surface area (Å²) < 4.78 is 31.9.